The van der Waals surface area contributed by atoms with Crippen molar-refractivity contribution < 1.29 is 14.7 Å². The van der Waals surface area contributed by atoms with E-state index in [0.29, 0.717) is 17.0 Å². The Labute approximate surface area is 98.4 Å². The Morgan fingerprint density at radius 1 is 1.47 bits per heavy atom. The monoisotopic (exact) mass is 237 g/mol. The first-order valence-electron chi connectivity index (χ1n) is 5.56. The van der Waals surface area contributed by atoms with Gasteiger partial charge in [-0.15, -0.1) is 0 Å². The normalized spacial score (nSPS) is 16.6. The fraction of sp³-hybridized carbons (Fsp3) is 0.545. The molecule has 1 atom stereocenters. The number of carbonyl (C=O) groups excluding carboxylic acids is 1. The first-order chi connectivity index (χ1) is 8.00. The van der Waals surface area contributed by atoms with E-state index in [2.05, 4.69) is 15.5 Å². The van der Waals surface area contributed by atoms with Crippen LogP contribution < -0.4 is 5.32 Å². The van der Waals surface area contributed by atoms with Crippen molar-refractivity contribution in [3.63, 3.8) is 0 Å². The second-order valence-corrected chi connectivity index (χ2v) is 4.44. The topological polar surface area (TPSA) is 95.1 Å². The van der Waals surface area contributed by atoms with Crippen LogP contribution >= 0.6 is 0 Å². The summed E-state index contributed by atoms with van der Waals surface area (Å²) >= 11 is 0. The summed E-state index contributed by atoms with van der Waals surface area (Å²) in [5.41, 5.74) is 1.68. The van der Waals surface area contributed by atoms with E-state index in [1.54, 1.807) is 13.8 Å². The molecule has 3 N–H and O–H groups in total. The Bertz CT molecular complexity index is 443. The van der Waals surface area contributed by atoms with Crippen LogP contribution in [0.2, 0.25) is 0 Å². The summed E-state index contributed by atoms with van der Waals surface area (Å²) in [6.45, 7) is 3.45. The van der Waals surface area contributed by atoms with Crippen LogP contribution in [0.5, 0.6) is 0 Å². The van der Waals surface area contributed by atoms with Gasteiger partial charge in [-0.2, -0.15) is 5.10 Å². The van der Waals surface area contributed by atoms with Crippen molar-refractivity contribution >= 4 is 11.9 Å². The van der Waals surface area contributed by atoms with Gasteiger partial charge < -0.3 is 10.4 Å². The standard InChI is InChI=1S/C11H15N3O3/c1-5-8(6(2)14-13-5)10(15)12-9(11(16)17)7-3-4-7/h7,9H,3-4H2,1-2H3,(H,12,15)(H,13,14)(H,16,17). The third kappa shape index (κ3) is 2.30. The second kappa shape index (κ2) is 4.20. The Balaban J connectivity index is 2.13. The minimum absolute atomic E-state index is 0.0731. The van der Waals surface area contributed by atoms with Crippen molar-refractivity contribution in [3.05, 3.63) is 17.0 Å². The lowest BCUT2D eigenvalue weighted by Gasteiger charge is -2.13. The van der Waals surface area contributed by atoms with Gasteiger partial charge in [-0.25, -0.2) is 4.79 Å². The van der Waals surface area contributed by atoms with Gasteiger partial charge in [-0.05, 0) is 32.6 Å². The minimum atomic E-state index is -0.973. The van der Waals surface area contributed by atoms with E-state index in [9.17, 15) is 9.59 Å². The van der Waals surface area contributed by atoms with Gasteiger partial charge in [-0.1, -0.05) is 0 Å². The molecular formula is C11H15N3O3. The molecule has 1 saturated carbocycles. The molecule has 1 fully saturated rings. The fourth-order valence-corrected chi connectivity index (χ4v) is 1.91. The number of carbonyl (C=O) groups is 2. The molecule has 0 bridgehead atoms. The van der Waals surface area contributed by atoms with Crippen molar-refractivity contribution in [2.75, 3.05) is 0 Å². The average molecular weight is 237 g/mol. The van der Waals surface area contributed by atoms with E-state index in [-0.39, 0.29) is 11.8 Å². The average Bonchev–Trinajstić information content (AvgIpc) is 3.02. The van der Waals surface area contributed by atoms with E-state index in [1.165, 1.54) is 0 Å². The van der Waals surface area contributed by atoms with Crippen LogP contribution in [0.25, 0.3) is 0 Å². The number of nitrogens with zero attached hydrogens (tertiary/aromatic N) is 1. The number of aromatic amines is 1. The zero-order valence-electron chi connectivity index (χ0n) is 9.78. The van der Waals surface area contributed by atoms with Crippen molar-refractivity contribution in [3.8, 4) is 0 Å². The molecule has 17 heavy (non-hydrogen) atoms. The number of carboxylic acid groups (broad SMARTS) is 1. The van der Waals surface area contributed by atoms with E-state index in [4.69, 9.17) is 5.11 Å². The summed E-state index contributed by atoms with van der Waals surface area (Å²) in [7, 11) is 0. The summed E-state index contributed by atoms with van der Waals surface area (Å²) in [4.78, 5) is 23.0. The molecule has 6 heteroatoms. The van der Waals surface area contributed by atoms with Crippen LogP contribution in [0.15, 0.2) is 0 Å². The number of aliphatic carboxylic acids is 1. The maximum absolute atomic E-state index is 12.0. The lowest BCUT2D eigenvalue weighted by atomic mass is 10.1. The predicted octanol–water partition coefficient (Wildman–Crippen LogP) is 0.620. The highest BCUT2D eigenvalue weighted by Gasteiger charge is 2.37. The zero-order valence-corrected chi connectivity index (χ0v) is 9.78. The number of carboxylic acids is 1. The molecule has 92 valence electrons. The van der Waals surface area contributed by atoms with Gasteiger partial charge in [0.2, 0.25) is 0 Å². The Morgan fingerprint density at radius 3 is 2.53 bits per heavy atom. The van der Waals surface area contributed by atoms with Crippen LogP contribution in [-0.4, -0.2) is 33.2 Å². The van der Waals surface area contributed by atoms with Gasteiger partial charge in [-0.3, -0.25) is 9.89 Å². The molecule has 0 spiro atoms. The number of hydrogen-bond acceptors (Lipinski definition) is 3. The smallest absolute Gasteiger partial charge is 0.326 e. The lowest BCUT2D eigenvalue weighted by Crippen LogP contribution is -2.42. The minimum Gasteiger partial charge on any atom is -0.480 e. The van der Waals surface area contributed by atoms with Crippen LogP contribution in [0, 0.1) is 19.8 Å². The molecule has 1 amide bonds. The predicted molar refractivity (Wildman–Crippen MR) is 59.7 cm³/mol. The molecular weight excluding hydrogens is 222 g/mol. The molecule has 0 aromatic carbocycles. The number of H-pyrrole nitrogens is 1. The van der Waals surface area contributed by atoms with Crippen molar-refractivity contribution in [1.29, 1.82) is 0 Å². The molecule has 1 aliphatic carbocycles. The molecule has 2 rings (SSSR count). The largest absolute Gasteiger partial charge is 0.480 e. The number of amides is 1. The molecule has 1 aromatic rings. The number of nitrogens with one attached hydrogen (secondary N) is 2. The van der Waals surface area contributed by atoms with E-state index < -0.39 is 12.0 Å². The van der Waals surface area contributed by atoms with E-state index >= 15 is 0 Å². The molecule has 0 aliphatic heterocycles. The summed E-state index contributed by atoms with van der Waals surface area (Å²) in [5, 5.41) is 18.2. The fourth-order valence-electron chi connectivity index (χ4n) is 1.91. The van der Waals surface area contributed by atoms with Gasteiger partial charge in [0.1, 0.15) is 6.04 Å². The van der Waals surface area contributed by atoms with Gasteiger partial charge in [0.25, 0.3) is 5.91 Å². The number of aromatic nitrogens is 2. The highest BCUT2D eigenvalue weighted by molar-refractivity contribution is 5.98. The second-order valence-electron chi connectivity index (χ2n) is 4.44. The van der Waals surface area contributed by atoms with Crippen molar-refractivity contribution in [2.45, 2.75) is 32.7 Å². The Morgan fingerprint density at radius 2 is 2.12 bits per heavy atom. The highest BCUT2D eigenvalue weighted by atomic mass is 16.4. The van der Waals surface area contributed by atoms with E-state index in [1.807, 2.05) is 0 Å². The first kappa shape index (κ1) is 11.6. The van der Waals surface area contributed by atoms with Gasteiger partial charge in [0.15, 0.2) is 0 Å². The van der Waals surface area contributed by atoms with Crippen LogP contribution in [-0.2, 0) is 4.79 Å². The molecule has 1 heterocycles. The third-order valence-electron chi connectivity index (χ3n) is 3.00. The quantitative estimate of drug-likeness (QED) is 0.715. The number of rotatable bonds is 4. The highest BCUT2D eigenvalue weighted by Crippen LogP contribution is 2.33. The number of aryl methyl sites for hydroxylation is 2. The maximum atomic E-state index is 12.0. The molecule has 0 radical (unpaired) electrons. The van der Waals surface area contributed by atoms with Crippen LogP contribution in [0.4, 0.5) is 0 Å². The third-order valence-corrected chi connectivity index (χ3v) is 3.00. The van der Waals surface area contributed by atoms with Gasteiger partial charge >= 0.3 is 5.97 Å². The van der Waals surface area contributed by atoms with E-state index in [0.717, 1.165) is 12.8 Å². The molecule has 1 aliphatic rings. The van der Waals surface area contributed by atoms with Crippen molar-refractivity contribution in [1.82, 2.24) is 15.5 Å². The molecule has 1 aromatic heterocycles. The van der Waals surface area contributed by atoms with Gasteiger partial charge in [0.05, 0.1) is 11.3 Å². The lowest BCUT2D eigenvalue weighted by molar-refractivity contribution is -0.139. The summed E-state index contributed by atoms with van der Waals surface area (Å²) in [5.74, 6) is -1.27. The molecule has 1 unspecified atom stereocenters. The van der Waals surface area contributed by atoms with Crippen LogP contribution in [0.3, 0.4) is 0 Å². The zero-order chi connectivity index (χ0) is 12.6. The first-order valence-corrected chi connectivity index (χ1v) is 5.56. The van der Waals surface area contributed by atoms with Crippen molar-refractivity contribution in [2.24, 2.45) is 5.92 Å². The SMILES string of the molecule is Cc1n[nH]c(C)c1C(=O)NC(C(=O)O)C1CC1. The number of hydrogen-bond donors (Lipinski definition) is 3. The summed E-state index contributed by atoms with van der Waals surface area (Å²) in [6, 6.07) is -0.781. The molecule has 0 saturated heterocycles. The van der Waals surface area contributed by atoms with Crippen LogP contribution in [0.1, 0.15) is 34.6 Å². The summed E-state index contributed by atoms with van der Waals surface area (Å²) < 4.78 is 0. The molecule has 6 nitrogen and oxygen atoms in total. The Kier molecular flexibility index (Phi) is 2.87. The maximum Gasteiger partial charge on any atom is 0.326 e. The summed E-state index contributed by atoms with van der Waals surface area (Å²) in [6.07, 6.45) is 1.72. The van der Waals surface area contributed by atoms with Gasteiger partial charge in [0, 0.05) is 5.69 Å². The Hall–Kier alpha value is -1.85.